The molecule has 0 aromatic carbocycles. The summed E-state index contributed by atoms with van der Waals surface area (Å²) < 4.78 is 0. The Labute approximate surface area is 101 Å². The Bertz CT molecular complexity index is 217. The van der Waals surface area contributed by atoms with Crippen molar-refractivity contribution in [1.82, 2.24) is 4.90 Å². The molecule has 94 valence electrons. The maximum absolute atomic E-state index is 5.89. The minimum atomic E-state index is 0.766. The van der Waals surface area contributed by atoms with Gasteiger partial charge in [0.2, 0.25) is 0 Å². The topological polar surface area (TPSA) is 29.3 Å². The SMILES string of the molecule is CC1CCCC(N(C)C2CCCC2CN)C1. The zero-order chi connectivity index (χ0) is 11.5. The molecule has 2 fully saturated rings. The second-order valence-corrected chi connectivity index (χ2v) is 6.09. The van der Waals surface area contributed by atoms with Gasteiger partial charge >= 0.3 is 0 Å². The Morgan fingerprint density at radius 1 is 1.12 bits per heavy atom. The Balaban J connectivity index is 1.92. The normalized spacial score (nSPS) is 40.5. The highest BCUT2D eigenvalue weighted by Gasteiger charge is 2.33. The molecule has 0 aromatic heterocycles. The molecule has 2 nitrogen and oxygen atoms in total. The number of nitrogens with zero attached hydrogens (tertiary/aromatic N) is 1. The lowest BCUT2D eigenvalue weighted by atomic mass is 9.85. The Morgan fingerprint density at radius 2 is 1.88 bits per heavy atom. The van der Waals surface area contributed by atoms with Crippen molar-refractivity contribution in [2.45, 2.75) is 64.0 Å². The number of rotatable bonds is 3. The van der Waals surface area contributed by atoms with Crippen molar-refractivity contribution in [3.8, 4) is 0 Å². The molecular formula is C14H28N2. The Morgan fingerprint density at radius 3 is 2.56 bits per heavy atom. The molecule has 2 aliphatic carbocycles. The van der Waals surface area contributed by atoms with E-state index in [1.165, 1.54) is 44.9 Å². The average molecular weight is 224 g/mol. The van der Waals surface area contributed by atoms with Crippen molar-refractivity contribution >= 4 is 0 Å². The summed E-state index contributed by atoms with van der Waals surface area (Å²) in [5.41, 5.74) is 5.89. The van der Waals surface area contributed by atoms with E-state index in [2.05, 4.69) is 18.9 Å². The third-order valence-corrected chi connectivity index (χ3v) is 4.93. The van der Waals surface area contributed by atoms with Crippen molar-refractivity contribution in [2.75, 3.05) is 13.6 Å². The van der Waals surface area contributed by atoms with E-state index >= 15 is 0 Å². The van der Waals surface area contributed by atoms with Gasteiger partial charge < -0.3 is 10.6 Å². The molecular weight excluding hydrogens is 196 g/mol. The zero-order valence-electron chi connectivity index (χ0n) is 11.0. The van der Waals surface area contributed by atoms with Crippen LogP contribution in [0.1, 0.15) is 51.9 Å². The van der Waals surface area contributed by atoms with Crippen LogP contribution >= 0.6 is 0 Å². The maximum Gasteiger partial charge on any atom is 0.0135 e. The molecule has 0 aromatic rings. The van der Waals surface area contributed by atoms with E-state index in [4.69, 9.17) is 5.73 Å². The number of nitrogens with two attached hydrogens (primary N) is 1. The predicted molar refractivity (Wildman–Crippen MR) is 69.4 cm³/mol. The smallest absolute Gasteiger partial charge is 0.0135 e. The van der Waals surface area contributed by atoms with Gasteiger partial charge in [-0.3, -0.25) is 0 Å². The lowest BCUT2D eigenvalue weighted by Gasteiger charge is -2.39. The monoisotopic (exact) mass is 224 g/mol. The van der Waals surface area contributed by atoms with Gasteiger partial charge in [0.25, 0.3) is 0 Å². The van der Waals surface area contributed by atoms with Gasteiger partial charge in [-0.25, -0.2) is 0 Å². The Hall–Kier alpha value is -0.0800. The van der Waals surface area contributed by atoms with Crippen LogP contribution in [0.2, 0.25) is 0 Å². The van der Waals surface area contributed by atoms with Gasteiger partial charge in [0.15, 0.2) is 0 Å². The van der Waals surface area contributed by atoms with Crippen LogP contribution in [-0.4, -0.2) is 30.6 Å². The van der Waals surface area contributed by atoms with Gasteiger partial charge in [-0.1, -0.05) is 26.2 Å². The molecule has 0 spiro atoms. The summed E-state index contributed by atoms with van der Waals surface area (Å²) in [7, 11) is 2.35. The van der Waals surface area contributed by atoms with E-state index in [9.17, 15) is 0 Å². The molecule has 0 heterocycles. The van der Waals surface area contributed by atoms with Crippen molar-refractivity contribution < 1.29 is 0 Å². The van der Waals surface area contributed by atoms with E-state index < -0.39 is 0 Å². The van der Waals surface area contributed by atoms with Crippen LogP contribution in [0.25, 0.3) is 0 Å². The number of hydrogen-bond acceptors (Lipinski definition) is 2. The Kier molecular flexibility index (Phi) is 4.26. The summed E-state index contributed by atoms with van der Waals surface area (Å²) in [6, 6.07) is 1.61. The molecule has 0 aliphatic heterocycles. The van der Waals surface area contributed by atoms with E-state index in [1.54, 1.807) is 0 Å². The van der Waals surface area contributed by atoms with Crippen molar-refractivity contribution in [3.63, 3.8) is 0 Å². The van der Waals surface area contributed by atoms with Crippen LogP contribution in [0, 0.1) is 11.8 Å². The van der Waals surface area contributed by atoms with Gasteiger partial charge in [0.05, 0.1) is 0 Å². The number of hydrogen-bond donors (Lipinski definition) is 1. The summed E-state index contributed by atoms with van der Waals surface area (Å²) >= 11 is 0. The lowest BCUT2D eigenvalue weighted by molar-refractivity contribution is 0.0985. The molecule has 2 heteroatoms. The van der Waals surface area contributed by atoms with Gasteiger partial charge in [-0.2, -0.15) is 0 Å². The van der Waals surface area contributed by atoms with Gasteiger partial charge in [0, 0.05) is 12.1 Å². The fourth-order valence-electron chi connectivity index (χ4n) is 3.87. The third kappa shape index (κ3) is 2.60. The summed E-state index contributed by atoms with van der Waals surface area (Å²) in [5, 5.41) is 0. The van der Waals surface area contributed by atoms with E-state index in [0.29, 0.717) is 0 Å². The molecule has 0 amide bonds. The highest BCUT2D eigenvalue weighted by Crippen LogP contribution is 2.34. The molecule has 2 N–H and O–H groups in total. The first-order chi connectivity index (χ1) is 7.72. The minimum Gasteiger partial charge on any atom is -0.330 e. The van der Waals surface area contributed by atoms with Crippen LogP contribution in [0.15, 0.2) is 0 Å². The molecule has 2 saturated carbocycles. The first kappa shape index (κ1) is 12.4. The largest absolute Gasteiger partial charge is 0.330 e. The second-order valence-electron chi connectivity index (χ2n) is 6.09. The maximum atomic E-state index is 5.89. The van der Waals surface area contributed by atoms with Crippen LogP contribution in [-0.2, 0) is 0 Å². The molecule has 16 heavy (non-hydrogen) atoms. The van der Waals surface area contributed by atoms with Crippen molar-refractivity contribution in [1.29, 1.82) is 0 Å². The summed E-state index contributed by atoms with van der Waals surface area (Å²) in [4.78, 5) is 2.68. The average Bonchev–Trinajstić information content (AvgIpc) is 2.76. The summed E-state index contributed by atoms with van der Waals surface area (Å²) in [6.45, 7) is 3.30. The molecule has 2 rings (SSSR count). The highest BCUT2D eigenvalue weighted by molar-refractivity contribution is 4.89. The fourth-order valence-corrected chi connectivity index (χ4v) is 3.87. The van der Waals surface area contributed by atoms with E-state index in [1.807, 2.05) is 0 Å². The first-order valence-corrected chi connectivity index (χ1v) is 7.14. The van der Waals surface area contributed by atoms with Crippen molar-refractivity contribution in [2.24, 2.45) is 17.6 Å². The summed E-state index contributed by atoms with van der Waals surface area (Å²) in [6.07, 6.45) is 9.81. The predicted octanol–water partition coefficient (Wildman–Crippen LogP) is 2.62. The molecule has 4 unspecified atom stereocenters. The lowest BCUT2D eigenvalue weighted by Crippen LogP contribution is -2.45. The van der Waals surface area contributed by atoms with Crippen LogP contribution in [0.5, 0.6) is 0 Å². The molecule has 0 saturated heterocycles. The standard InChI is InChI=1S/C14H28N2/c1-11-5-3-7-13(9-11)16(2)14-8-4-6-12(14)10-15/h11-14H,3-10,15H2,1-2H3. The third-order valence-electron chi connectivity index (χ3n) is 4.93. The van der Waals surface area contributed by atoms with Gasteiger partial charge in [0.1, 0.15) is 0 Å². The molecule has 0 radical (unpaired) electrons. The van der Waals surface area contributed by atoms with Crippen LogP contribution in [0.3, 0.4) is 0 Å². The minimum absolute atomic E-state index is 0.766. The van der Waals surface area contributed by atoms with Gasteiger partial charge in [-0.15, -0.1) is 0 Å². The second kappa shape index (κ2) is 5.50. The molecule has 0 bridgehead atoms. The summed E-state index contributed by atoms with van der Waals surface area (Å²) in [5.74, 6) is 1.70. The van der Waals surface area contributed by atoms with E-state index in [-0.39, 0.29) is 0 Å². The molecule has 4 atom stereocenters. The van der Waals surface area contributed by atoms with Crippen molar-refractivity contribution in [3.05, 3.63) is 0 Å². The van der Waals surface area contributed by atoms with E-state index in [0.717, 1.165) is 30.5 Å². The first-order valence-electron chi connectivity index (χ1n) is 7.14. The van der Waals surface area contributed by atoms with Crippen LogP contribution in [0.4, 0.5) is 0 Å². The quantitative estimate of drug-likeness (QED) is 0.798. The highest BCUT2D eigenvalue weighted by atomic mass is 15.2. The fraction of sp³-hybridized carbons (Fsp3) is 1.00. The van der Waals surface area contributed by atoms with Crippen LogP contribution < -0.4 is 5.73 Å². The van der Waals surface area contributed by atoms with Gasteiger partial charge in [-0.05, 0) is 51.1 Å². The molecule has 2 aliphatic rings. The zero-order valence-corrected chi connectivity index (χ0v) is 11.0.